The third-order valence-electron chi connectivity index (χ3n) is 4.00. The van der Waals surface area contributed by atoms with Crippen LogP contribution in [0.2, 0.25) is 0 Å². The Labute approximate surface area is 165 Å². The lowest BCUT2D eigenvalue weighted by atomic mass is 10.3. The Bertz CT molecular complexity index is 890. The van der Waals surface area contributed by atoms with Gasteiger partial charge in [0.25, 0.3) is 0 Å². The third-order valence-corrected chi connectivity index (χ3v) is 4.00. The second-order valence-corrected chi connectivity index (χ2v) is 6.00. The molecular weight excluding hydrogens is 354 g/mol. The number of benzene rings is 3. The summed E-state index contributed by atoms with van der Waals surface area (Å²) in [4.78, 5) is 4.65. The molecule has 0 saturated heterocycles. The Balaban J connectivity index is 1.83. The van der Waals surface area contributed by atoms with E-state index in [2.05, 4.69) is 4.99 Å². The molecule has 0 radical (unpaired) electrons. The SMILES string of the molecule is COc1ccc(N=C(Oc2ccccc2)C(C)Oc2ccc(OC)cc2)cc1. The van der Waals surface area contributed by atoms with Crippen LogP contribution in [0.3, 0.4) is 0 Å². The lowest BCUT2D eigenvalue weighted by Gasteiger charge is -2.18. The Hall–Kier alpha value is -3.47. The van der Waals surface area contributed by atoms with Gasteiger partial charge in [-0.25, -0.2) is 4.99 Å². The minimum Gasteiger partial charge on any atom is -0.497 e. The van der Waals surface area contributed by atoms with E-state index < -0.39 is 6.10 Å². The van der Waals surface area contributed by atoms with Crippen LogP contribution in [0.15, 0.2) is 83.9 Å². The van der Waals surface area contributed by atoms with Gasteiger partial charge >= 0.3 is 0 Å². The number of ether oxygens (including phenoxy) is 4. The molecule has 0 aliphatic carbocycles. The van der Waals surface area contributed by atoms with Gasteiger partial charge in [-0.05, 0) is 67.6 Å². The minimum atomic E-state index is -0.407. The highest BCUT2D eigenvalue weighted by Crippen LogP contribution is 2.22. The van der Waals surface area contributed by atoms with Crippen molar-refractivity contribution in [2.45, 2.75) is 13.0 Å². The van der Waals surface area contributed by atoms with Crippen LogP contribution in [0.25, 0.3) is 0 Å². The lowest BCUT2D eigenvalue weighted by Crippen LogP contribution is -2.28. The number of nitrogens with zero attached hydrogens (tertiary/aromatic N) is 1. The van der Waals surface area contributed by atoms with Gasteiger partial charge in [-0.3, -0.25) is 0 Å². The molecule has 0 aliphatic rings. The fourth-order valence-corrected chi connectivity index (χ4v) is 2.50. The smallest absolute Gasteiger partial charge is 0.236 e. The molecular formula is C23H23NO4. The van der Waals surface area contributed by atoms with Gasteiger partial charge in [-0.15, -0.1) is 0 Å². The molecule has 1 atom stereocenters. The van der Waals surface area contributed by atoms with E-state index in [9.17, 15) is 0 Å². The molecule has 5 nitrogen and oxygen atoms in total. The molecule has 0 aliphatic heterocycles. The molecule has 28 heavy (non-hydrogen) atoms. The molecule has 0 bridgehead atoms. The average molecular weight is 377 g/mol. The minimum absolute atomic E-state index is 0.407. The molecule has 0 amide bonds. The first-order chi connectivity index (χ1) is 13.7. The molecule has 0 heterocycles. The fraction of sp³-hybridized carbons (Fsp3) is 0.174. The highest BCUT2D eigenvalue weighted by Gasteiger charge is 2.16. The van der Waals surface area contributed by atoms with Gasteiger partial charge in [0.2, 0.25) is 5.90 Å². The number of rotatable bonds is 7. The Kier molecular flexibility index (Phi) is 6.52. The Morgan fingerprint density at radius 2 is 1.21 bits per heavy atom. The molecule has 0 saturated carbocycles. The topological polar surface area (TPSA) is 49.3 Å². The number of hydrogen-bond acceptors (Lipinski definition) is 5. The van der Waals surface area contributed by atoms with Crippen LogP contribution in [-0.2, 0) is 0 Å². The monoisotopic (exact) mass is 377 g/mol. The molecule has 0 aromatic heterocycles. The van der Waals surface area contributed by atoms with Crippen molar-refractivity contribution in [1.29, 1.82) is 0 Å². The summed E-state index contributed by atoms with van der Waals surface area (Å²) in [6.07, 6.45) is -0.407. The predicted molar refractivity (Wildman–Crippen MR) is 110 cm³/mol. The zero-order chi connectivity index (χ0) is 19.8. The van der Waals surface area contributed by atoms with E-state index in [1.165, 1.54) is 0 Å². The normalized spacial score (nSPS) is 12.2. The summed E-state index contributed by atoms with van der Waals surface area (Å²) >= 11 is 0. The van der Waals surface area contributed by atoms with E-state index in [4.69, 9.17) is 18.9 Å². The van der Waals surface area contributed by atoms with Crippen molar-refractivity contribution in [3.8, 4) is 23.0 Å². The van der Waals surface area contributed by atoms with Crippen LogP contribution < -0.4 is 18.9 Å². The largest absolute Gasteiger partial charge is 0.497 e. The van der Waals surface area contributed by atoms with Crippen molar-refractivity contribution >= 4 is 11.6 Å². The summed E-state index contributed by atoms with van der Waals surface area (Å²) in [5.41, 5.74) is 0.747. The first kappa shape index (κ1) is 19.3. The zero-order valence-corrected chi connectivity index (χ0v) is 16.2. The summed E-state index contributed by atoms with van der Waals surface area (Å²) in [5, 5.41) is 0. The maximum atomic E-state index is 6.03. The van der Waals surface area contributed by atoms with Crippen molar-refractivity contribution in [2.75, 3.05) is 14.2 Å². The summed E-state index contributed by atoms with van der Waals surface area (Å²) < 4.78 is 22.4. The molecule has 0 spiro atoms. The van der Waals surface area contributed by atoms with Crippen molar-refractivity contribution in [3.63, 3.8) is 0 Å². The first-order valence-electron chi connectivity index (χ1n) is 8.94. The van der Waals surface area contributed by atoms with Crippen molar-refractivity contribution < 1.29 is 18.9 Å². The maximum Gasteiger partial charge on any atom is 0.236 e. The first-order valence-corrected chi connectivity index (χ1v) is 8.94. The number of hydrogen-bond donors (Lipinski definition) is 0. The van der Waals surface area contributed by atoms with Gasteiger partial charge in [0.1, 0.15) is 23.0 Å². The van der Waals surface area contributed by atoms with Gasteiger partial charge < -0.3 is 18.9 Å². The molecule has 0 N–H and O–H groups in total. The van der Waals surface area contributed by atoms with Crippen LogP contribution >= 0.6 is 0 Å². The van der Waals surface area contributed by atoms with Crippen molar-refractivity contribution in [1.82, 2.24) is 0 Å². The number of aliphatic imine (C=N–C) groups is 1. The molecule has 3 aromatic carbocycles. The number of methoxy groups -OCH3 is 2. The van der Waals surface area contributed by atoms with Crippen LogP contribution in [0.5, 0.6) is 23.0 Å². The highest BCUT2D eigenvalue weighted by atomic mass is 16.5. The van der Waals surface area contributed by atoms with Crippen molar-refractivity contribution in [3.05, 3.63) is 78.9 Å². The van der Waals surface area contributed by atoms with Gasteiger partial charge in [-0.2, -0.15) is 0 Å². The van der Waals surface area contributed by atoms with E-state index >= 15 is 0 Å². The molecule has 3 aromatic rings. The highest BCUT2D eigenvalue weighted by molar-refractivity contribution is 5.85. The van der Waals surface area contributed by atoms with Gasteiger partial charge in [0.05, 0.1) is 19.9 Å². The third kappa shape index (κ3) is 5.27. The van der Waals surface area contributed by atoms with E-state index in [0.29, 0.717) is 17.4 Å². The quantitative estimate of drug-likeness (QED) is 0.415. The second kappa shape index (κ2) is 9.46. The van der Waals surface area contributed by atoms with E-state index in [0.717, 1.165) is 17.2 Å². The summed E-state index contributed by atoms with van der Waals surface area (Å²) in [7, 11) is 3.26. The lowest BCUT2D eigenvalue weighted by molar-refractivity contribution is 0.262. The van der Waals surface area contributed by atoms with Crippen LogP contribution in [0, 0.1) is 0 Å². The van der Waals surface area contributed by atoms with Gasteiger partial charge in [0.15, 0.2) is 6.10 Å². The Morgan fingerprint density at radius 3 is 1.79 bits per heavy atom. The molecule has 3 rings (SSSR count). The van der Waals surface area contributed by atoms with E-state index in [1.54, 1.807) is 14.2 Å². The van der Waals surface area contributed by atoms with E-state index in [-0.39, 0.29) is 0 Å². The van der Waals surface area contributed by atoms with Gasteiger partial charge in [-0.1, -0.05) is 18.2 Å². The van der Waals surface area contributed by atoms with E-state index in [1.807, 2.05) is 85.8 Å². The van der Waals surface area contributed by atoms with Crippen LogP contribution in [0.1, 0.15) is 6.92 Å². The summed E-state index contributed by atoms with van der Waals surface area (Å²) in [5.74, 6) is 3.39. The molecule has 144 valence electrons. The van der Waals surface area contributed by atoms with Crippen LogP contribution in [-0.4, -0.2) is 26.2 Å². The molecule has 1 unspecified atom stereocenters. The average Bonchev–Trinajstić information content (AvgIpc) is 2.75. The Morgan fingerprint density at radius 1 is 0.679 bits per heavy atom. The predicted octanol–water partition coefficient (Wildman–Crippen LogP) is 5.28. The fourth-order valence-electron chi connectivity index (χ4n) is 2.50. The molecule has 5 heteroatoms. The second-order valence-electron chi connectivity index (χ2n) is 6.00. The maximum absolute atomic E-state index is 6.03. The molecule has 0 fully saturated rings. The summed E-state index contributed by atoms with van der Waals surface area (Å²) in [6, 6.07) is 24.4. The number of para-hydroxylation sites is 1. The van der Waals surface area contributed by atoms with Gasteiger partial charge in [0, 0.05) is 0 Å². The standard InChI is InChI=1S/C23H23NO4/c1-17(27-22-15-13-20(26-3)14-16-22)23(28-21-7-5-4-6-8-21)24-18-9-11-19(25-2)12-10-18/h4-17H,1-3H3. The summed E-state index contributed by atoms with van der Waals surface area (Å²) in [6.45, 7) is 1.90. The zero-order valence-electron chi connectivity index (χ0n) is 16.2. The van der Waals surface area contributed by atoms with Crippen LogP contribution in [0.4, 0.5) is 5.69 Å². The van der Waals surface area contributed by atoms with Crippen molar-refractivity contribution in [2.24, 2.45) is 4.99 Å².